The Labute approximate surface area is 247 Å². The monoisotopic (exact) mass is 635 g/mol. The summed E-state index contributed by atoms with van der Waals surface area (Å²) < 4.78 is 0. The lowest BCUT2D eigenvalue weighted by Gasteiger charge is -2.25. The van der Waals surface area contributed by atoms with E-state index in [4.69, 9.17) is 26.2 Å². The third-order valence-electron chi connectivity index (χ3n) is 5.57. The van der Waals surface area contributed by atoms with Crippen LogP contribution < -0.4 is 27.0 Å². The maximum atomic E-state index is 12.9. The van der Waals surface area contributed by atoms with Crippen molar-refractivity contribution in [3.63, 3.8) is 0 Å². The molecule has 0 heterocycles. The van der Waals surface area contributed by atoms with Crippen LogP contribution >= 0.6 is 0 Å². The molecule has 246 valence electrons. The molecule has 0 rings (SSSR count). The SMILES string of the molecule is N[C@@H](CCC(=O)O)C(=O)N[C@@H](CC(=O)O)C(=O)N[C@@H](CC(=O)O)C(=O)N[C@@H](CCC(=O)O)C(=O)N[C@@H](CCC(=O)O)C(=O)O. The van der Waals surface area contributed by atoms with Crippen LogP contribution in [0.2, 0.25) is 0 Å². The topological polar surface area (TPSA) is 366 Å². The Morgan fingerprint density at radius 3 is 1.14 bits per heavy atom. The lowest BCUT2D eigenvalue weighted by Crippen LogP contribution is -2.59. The Morgan fingerprint density at radius 2 is 0.750 bits per heavy atom. The summed E-state index contributed by atoms with van der Waals surface area (Å²) in [6.45, 7) is 0. The highest BCUT2D eigenvalue weighted by atomic mass is 16.4. The first-order chi connectivity index (χ1) is 20.3. The molecule has 0 aliphatic carbocycles. The van der Waals surface area contributed by atoms with Gasteiger partial charge in [0.1, 0.15) is 24.2 Å². The lowest BCUT2D eigenvalue weighted by atomic mass is 10.1. The number of carboxylic acids is 6. The summed E-state index contributed by atoms with van der Waals surface area (Å²) in [5, 5.41) is 61.9. The zero-order chi connectivity index (χ0) is 34.1. The largest absolute Gasteiger partial charge is 0.481 e. The molecule has 0 radical (unpaired) electrons. The molecule has 0 aromatic heterocycles. The normalized spacial score (nSPS) is 13.9. The van der Waals surface area contributed by atoms with E-state index in [-0.39, 0.29) is 0 Å². The van der Waals surface area contributed by atoms with Crippen molar-refractivity contribution in [2.24, 2.45) is 5.73 Å². The summed E-state index contributed by atoms with van der Waals surface area (Å²) in [5.74, 6) is -14.4. The van der Waals surface area contributed by atoms with Crippen LogP contribution in [-0.2, 0) is 47.9 Å². The fraction of sp³-hybridized carbons (Fsp3) is 0.565. The van der Waals surface area contributed by atoms with Gasteiger partial charge in [0, 0.05) is 19.3 Å². The van der Waals surface area contributed by atoms with Crippen molar-refractivity contribution in [1.82, 2.24) is 21.3 Å². The number of nitrogens with one attached hydrogen (secondary N) is 4. The second-order valence-electron chi connectivity index (χ2n) is 9.18. The summed E-state index contributed by atoms with van der Waals surface area (Å²) >= 11 is 0. The first kappa shape index (κ1) is 38.7. The molecular formula is C23H33N5O16. The third kappa shape index (κ3) is 16.2. The van der Waals surface area contributed by atoms with E-state index in [2.05, 4.69) is 0 Å². The van der Waals surface area contributed by atoms with Crippen LogP contribution in [0.3, 0.4) is 0 Å². The number of nitrogens with two attached hydrogens (primary N) is 1. The molecule has 5 atom stereocenters. The number of hydrogen-bond acceptors (Lipinski definition) is 11. The van der Waals surface area contributed by atoms with Crippen molar-refractivity contribution in [3.05, 3.63) is 0 Å². The molecule has 0 aliphatic heterocycles. The fourth-order valence-electron chi connectivity index (χ4n) is 3.34. The molecule has 0 aromatic rings. The molecule has 0 fully saturated rings. The van der Waals surface area contributed by atoms with Crippen molar-refractivity contribution in [3.8, 4) is 0 Å². The summed E-state index contributed by atoms with van der Waals surface area (Å²) in [5.41, 5.74) is 5.54. The smallest absolute Gasteiger partial charge is 0.326 e. The van der Waals surface area contributed by atoms with E-state index in [1.54, 1.807) is 0 Å². The maximum Gasteiger partial charge on any atom is 0.326 e. The van der Waals surface area contributed by atoms with Crippen LogP contribution in [-0.4, -0.2) is 120 Å². The number of hydrogen-bond donors (Lipinski definition) is 11. The number of carbonyl (C=O) groups excluding carboxylic acids is 4. The summed E-state index contributed by atoms with van der Waals surface area (Å²) in [6, 6.07) is -9.11. The van der Waals surface area contributed by atoms with Gasteiger partial charge in [0.2, 0.25) is 23.6 Å². The van der Waals surface area contributed by atoms with Gasteiger partial charge in [-0.1, -0.05) is 0 Å². The summed E-state index contributed by atoms with van der Waals surface area (Å²) in [4.78, 5) is 117. The zero-order valence-electron chi connectivity index (χ0n) is 22.9. The molecule has 21 nitrogen and oxygen atoms in total. The van der Waals surface area contributed by atoms with E-state index < -0.39 is 141 Å². The van der Waals surface area contributed by atoms with E-state index in [1.807, 2.05) is 21.3 Å². The van der Waals surface area contributed by atoms with Crippen LogP contribution in [0.1, 0.15) is 51.4 Å². The highest BCUT2D eigenvalue weighted by Crippen LogP contribution is 2.06. The number of carbonyl (C=O) groups is 10. The van der Waals surface area contributed by atoms with Gasteiger partial charge in [0.05, 0.1) is 18.9 Å². The van der Waals surface area contributed by atoms with Gasteiger partial charge in [0.15, 0.2) is 0 Å². The third-order valence-corrected chi connectivity index (χ3v) is 5.57. The van der Waals surface area contributed by atoms with E-state index in [9.17, 15) is 58.2 Å². The van der Waals surface area contributed by atoms with Gasteiger partial charge in [-0.25, -0.2) is 4.79 Å². The molecule has 4 amide bonds. The van der Waals surface area contributed by atoms with Crippen molar-refractivity contribution >= 4 is 59.4 Å². The highest BCUT2D eigenvalue weighted by Gasteiger charge is 2.34. The summed E-state index contributed by atoms with van der Waals surface area (Å²) in [6.07, 6.45) is -5.93. The van der Waals surface area contributed by atoms with Crippen LogP contribution in [0.15, 0.2) is 0 Å². The standard InChI is InChI=1S/C23H33N5O16/c24-9(1-4-14(29)30)19(39)27-12(7-17(35)36)22(42)28-13(8-18(37)38)21(41)25-10(2-5-15(31)32)20(40)26-11(23(43)44)3-6-16(33)34/h9-13H,1-8,24H2,(H,25,41)(H,26,40)(H,27,39)(H,28,42)(H,29,30)(H,31,32)(H,33,34)(H,35,36)(H,37,38)(H,43,44)/t9-,10-,11-,12-,13-/m0/s1. The molecule has 44 heavy (non-hydrogen) atoms. The molecule has 0 aliphatic rings. The summed E-state index contributed by atoms with van der Waals surface area (Å²) in [7, 11) is 0. The number of amides is 4. The van der Waals surface area contributed by atoms with Gasteiger partial charge in [-0.3, -0.25) is 43.2 Å². The van der Waals surface area contributed by atoms with Crippen LogP contribution in [0, 0.1) is 0 Å². The van der Waals surface area contributed by atoms with Crippen LogP contribution in [0.25, 0.3) is 0 Å². The Balaban J connectivity index is 5.95. The van der Waals surface area contributed by atoms with Gasteiger partial charge < -0.3 is 57.6 Å². The van der Waals surface area contributed by atoms with E-state index in [0.29, 0.717) is 0 Å². The molecule has 0 aromatic carbocycles. The number of aliphatic carboxylic acids is 6. The predicted molar refractivity (Wildman–Crippen MR) is 138 cm³/mol. The van der Waals surface area contributed by atoms with E-state index in [1.165, 1.54) is 0 Å². The Morgan fingerprint density at radius 1 is 0.432 bits per heavy atom. The molecule has 0 unspecified atom stereocenters. The van der Waals surface area contributed by atoms with Crippen molar-refractivity contribution in [1.29, 1.82) is 0 Å². The average molecular weight is 636 g/mol. The highest BCUT2D eigenvalue weighted by molar-refractivity contribution is 5.97. The molecule has 0 spiro atoms. The second-order valence-corrected chi connectivity index (χ2v) is 9.18. The van der Waals surface area contributed by atoms with Crippen molar-refractivity contribution < 1.29 is 78.6 Å². The minimum absolute atomic E-state index is 0.397. The Kier molecular flexibility index (Phi) is 16.7. The molecule has 0 saturated carbocycles. The quantitative estimate of drug-likeness (QED) is 0.0538. The maximum absolute atomic E-state index is 12.9. The molecular weight excluding hydrogens is 602 g/mol. The molecule has 0 saturated heterocycles. The second kappa shape index (κ2) is 19.0. The number of carboxylic acid groups (broad SMARTS) is 6. The first-order valence-electron chi connectivity index (χ1n) is 12.6. The van der Waals surface area contributed by atoms with Gasteiger partial charge in [-0.15, -0.1) is 0 Å². The molecule has 12 N–H and O–H groups in total. The molecule has 0 bridgehead atoms. The van der Waals surface area contributed by atoms with Crippen molar-refractivity contribution in [2.75, 3.05) is 0 Å². The zero-order valence-corrected chi connectivity index (χ0v) is 22.9. The van der Waals surface area contributed by atoms with E-state index in [0.717, 1.165) is 0 Å². The molecule has 21 heteroatoms. The van der Waals surface area contributed by atoms with Crippen LogP contribution in [0.5, 0.6) is 0 Å². The van der Waals surface area contributed by atoms with E-state index >= 15 is 0 Å². The minimum Gasteiger partial charge on any atom is -0.481 e. The first-order valence-corrected chi connectivity index (χ1v) is 12.6. The van der Waals surface area contributed by atoms with Gasteiger partial charge in [-0.05, 0) is 19.3 Å². The number of rotatable bonds is 22. The van der Waals surface area contributed by atoms with Gasteiger partial charge in [-0.2, -0.15) is 0 Å². The van der Waals surface area contributed by atoms with Gasteiger partial charge in [0.25, 0.3) is 0 Å². The Bertz CT molecular complexity index is 1140. The van der Waals surface area contributed by atoms with Crippen molar-refractivity contribution in [2.45, 2.75) is 81.6 Å². The predicted octanol–water partition coefficient (Wildman–Crippen LogP) is -4.12. The van der Waals surface area contributed by atoms with Gasteiger partial charge >= 0.3 is 35.8 Å². The Hall–Kier alpha value is -5.34. The van der Waals surface area contributed by atoms with Crippen LogP contribution in [0.4, 0.5) is 0 Å². The minimum atomic E-state index is -2.06. The average Bonchev–Trinajstić information content (AvgIpc) is 2.89. The fourth-order valence-corrected chi connectivity index (χ4v) is 3.34. The lowest BCUT2D eigenvalue weighted by molar-refractivity contribution is -0.145.